The van der Waals surface area contributed by atoms with Crippen molar-refractivity contribution in [2.75, 3.05) is 18.1 Å². The molecule has 0 bridgehead atoms. The van der Waals surface area contributed by atoms with E-state index >= 15 is 0 Å². The van der Waals surface area contributed by atoms with Crippen LogP contribution >= 0.6 is 11.8 Å². The monoisotopic (exact) mass is 343 g/mol. The normalized spacial score (nSPS) is 14.0. The number of carbonyl (C=O) groups is 1. The van der Waals surface area contributed by atoms with E-state index in [1.807, 2.05) is 24.3 Å². The van der Waals surface area contributed by atoms with Crippen molar-refractivity contribution in [3.63, 3.8) is 0 Å². The smallest absolute Gasteiger partial charge is 0.174 e. The minimum Gasteiger partial charge on any atom is -0.493 e. The summed E-state index contributed by atoms with van der Waals surface area (Å²) in [5, 5.41) is 0. The highest BCUT2D eigenvalue weighted by Gasteiger charge is 2.28. The molecule has 1 aromatic heterocycles. The van der Waals surface area contributed by atoms with Gasteiger partial charge in [-0.05, 0) is 51.8 Å². The van der Waals surface area contributed by atoms with Crippen LogP contribution in [0.4, 0.5) is 0 Å². The maximum atomic E-state index is 12.5. The van der Waals surface area contributed by atoms with Gasteiger partial charge < -0.3 is 9.30 Å². The second kappa shape index (κ2) is 7.47. The molecule has 3 nitrogen and oxygen atoms in total. The van der Waals surface area contributed by atoms with Crippen molar-refractivity contribution in [2.45, 2.75) is 39.7 Å². The van der Waals surface area contributed by atoms with E-state index in [1.54, 1.807) is 11.8 Å². The number of thioether (sulfide) groups is 1. The SMILES string of the molecule is Cc1ccc(OCCSCC(=O)c2cc(C)n(C3CC3)c2C)cc1. The summed E-state index contributed by atoms with van der Waals surface area (Å²) >= 11 is 1.64. The van der Waals surface area contributed by atoms with Crippen LogP contribution in [0.2, 0.25) is 0 Å². The second-order valence-electron chi connectivity index (χ2n) is 6.52. The molecule has 1 aliphatic rings. The van der Waals surface area contributed by atoms with Gasteiger partial charge in [-0.1, -0.05) is 17.7 Å². The quantitative estimate of drug-likeness (QED) is 0.512. The van der Waals surface area contributed by atoms with Crippen LogP contribution in [0.15, 0.2) is 30.3 Å². The molecule has 3 rings (SSSR count). The Morgan fingerprint density at radius 3 is 2.58 bits per heavy atom. The molecule has 1 aromatic carbocycles. The van der Waals surface area contributed by atoms with Crippen LogP contribution in [0, 0.1) is 20.8 Å². The summed E-state index contributed by atoms with van der Waals surface area (Å²) in [6, 6.07) is 10.7. The zero-order chi connectivity index (χ0) is 17.1. The molecular weight excluding hydrogens is 318 g/mol. The van der Waals surface area contributed by atoms with Crippen LogP contribution in [-0.2, 0) is 0 Å². The van der Waals surface area contributed by atoms with E-state index in [2.05, 4.69) is 31.4 Å². The molecule has 4 heteroatoms. The highest BCUT2D eigenvalue weighted by Crippen LogP contribution is 2.38. The first-order valence-electron chi connectivity index (χ1n) is 8.55. The van der Waals surface area contributed by atoms with Gasteiger partial charge in [0.1, 0.15) is 5.75 Å². The average molecular weight is 343 g/mol. The number of ketones is 1. The zero-order valence-corrected chi connectivity index (χ0v) is 15.5. The predicted molar refractivity (Wildman–Crippen MR) is 101 cm³/mol. The minimum absolute atomic E-state index is 0.232. The third-order valence-corrected chi connectivity index (χ3v) is 5.37. The number of benzene rings is 1. The van der Waals surface area contributed by atoms with Gasteiger partial charge in [0.05, 0.1) is 12.4 Å². The van der Waals surface area contributed by atoms with Gasteiger partial charge in [-0.15, -0.1) is 0 Å². The molecule has 128 valence electrons. The van der Waals surface area contributed by atoms with Gasteiger partial charge in [0.2, 0.25) is 0 Å². The number of nitrogens with zero attached hydrogens (tertiary/aromatic N) is 1. The van der Waals surface area contributed by atoms with E-state index < -0.39 is 0 Å². The molecule has 0 spiro atoms. The summed E-state index contributed by atoms with van der Waals surface area (Å²) in [6.07, 6.45) is 2.49. The van der Waals surface area contributed by atoms with Crippen molar-refractivity contribution in [2.24, 2.45) is 0 Å². The molecular formula is C20H25NO2S. The maximum absolute atomic E-state index is 12.5. The van der Waals surface area contributed by atoms with Crippen molar-refractivity contribution in [1.29, 1.82) is 0 Å². The zero-order valence-electron chi connectivity index (χ0n) is 14.7. The molecule has 1 fully saturated rings. The number of aromatic nitrogens is 1. The number of Topliss-reactive ketones (excluding diaryl/α,β-unsaturated/α-hetero) is 1. The molecule has 2 aromatic rings. The summed E-state index contributed by atoms with van der Waals surface area (Å²) in [5.74, 6) is 2.46. The van der Waals surface area contributed by atoms with Crippen LogP contribution in [0.3, 0.4) is 0 Å². The van der Waals surface area contributed by atoms with Crippen molar-refractivity contribution in [3.05, 3.63) is 52.8 Å². The van der Waals surface area contributed by atoms with E-state index in [-0.39, 0.29) is 5.78 Å². The Morgan fingerprint density at radius 2 is 1.92 bits per heavy atom. The second-order valence-corrected chi connectivity index (χ2v) is 7.63. The number of carbonyl (C=O) groups excluding carboxylic acids is 1. The van der Waals surface area contributed by atoms with Crippen molar-refractivity contribution in [1.82, 2.24) is 4.57 Å². The fourth-order valence-corrected chi connectivity index (χ4v) is 3.74. The van der Waals surface area contributed by atoms with Gasteiger partial charge in [-0.3, -0.25) is 4.79 Å². The lowest BCUT2D eigenvalue weighted by Gasteiger charge is -2.08. The van der Waals surface area contributed by atoms with Crippen LogP contribution in [0.1, 0.15) is 46.2 Å². The molecule has 0 amide bonds. The Morgan fingerprint density at radius 1 is 1.21 bits per heavy atom. The third kappa shape index (κ3) is 4.04. The maximum Gasteiger partial charge on any atom is 0.174 e. The minimum atomic E-state index is 0.232. The lowest BCUT2D eigenvalue weighted by Crippen LogP contribution is -2.08. The number of hydrogen-bond acceptors (Lipinski definition) is 3. The molecule has 0 N–H and O–H groups in total. The van der Waals surface area contributed by atoms with Gasteiger partial charge in [0.25, 0.3) is 0 Å². The van der Waals surface area contributed by atoms with Gasteiger partial charge in [0, 0.05) is 28.7 Å². The highest BCUT2D eigenvalue weighted by molar-refractivity contribution is 8.00. The Balaban J connectivity index is 1.44. The van der Waals surface area contributed by atoms with Crippen LogP contribution in [-0.4, -0.2) is 28.5 Å². The summed E-state index contributed by atoms with van der Waals surface area (Å²) in [7, 11) is 0. The van der Waals surface area contributed by atoms with E-state index in [4.69, 9.17) is 4.74 Å². The number of rotatable bonds is 8. The average Bonchev–Trinajstić information content (AvgIpc) is 3.34. The van der Waals surface area contributed by atoms with Crippen molar-refractivity contribution < 1.29 is 9.53 Å². The summed E-state index contributed by atoms with van der Waals surface area (Å²) in [5.41, 5.74) is 4.47. The summed E-state index contributed by atoms with van der Waals surface area (Å²) in [4.78, 5) is 12.5. The molecule has 1 heterocycles. The third-order valence-electron chi connectivity index (χ3n) is 4.45. The topological polar surface area (TPSA) is 31.2 Å². The Bertz CT molecular complexity index is 714. The standard InChI is InChI=1S/C20H25NO2S/c1-14-4-8-18(9-5-14)23-10-11-24-13-20(22)19-12-15(2)21(16(19)3)17-6-7-17/h4-5,8-9,12,17H,6-7,10-11,13H2,1-3H3. The highest BCUT2D eigenvalue weighted by atomic mass is 32.2. The van der Waals surface area contributed by atoms with E-state index in [1.165, 1.54) is 24.1 Å². The molecule has 0 saturated heterocycles. The van der Waals surface area contributed by atoms with Gasteiger partial charge in [-0.2, -0.15) is 11.8 Å². The largest absolute Gasteiger partial charge is 0.493 e. The number of aryl methyl sites for hydroxylation is 2. The van der Waals surface area contributed by atoms with E-state index in [9.17, 15) is 4.79 Å². The fourth-order valence-electron chi connectivity index (χ4n) is 3.05. The van der Waals surface area contributed by atoms with Crippen molar-refractivity contribution >= 4 is 17.5 Å². The van der Waals surface area contributed by atoms with Gasteiger partial charge in [-0.25, -0.2) is 0 Å². The first-order valence-corrected chi connectivity index (χ1v) is 9.70. The molecule has 0 atom stereocenters. The van der Waals surface area contributed by atoms with Gasteiger partial charge in [0.15, 0.2) is 5.78 Å². The van der Waals surface area contributed by atoms with E-state index in [0.717, 1.165) is 22.8 Å². The van der Waals surface area contributed by atoms with Gasteiger partial charge >= 0.3 is 0 Å². The van der Waals surface area contributed by atoms with Crippen LogP contribution in [0.5, 0.6) is 5.75 Å². The lowest BCUT2D eigenvalue weighted by atomic mass is 10.2. The number of hydrogen-bond donors (Lipinski definition) is 0. The Kier molecular flexibility index (Phi) is 5.34. The molecule has 0 unspecified atom stereocenters. The molecule has 1 saturated carbocycles. The molecule has 24 heavy (non-hydrogen) atoms. The fraction of sp³-hybridized carbons (Fsp3) is 0.450. The van der Waals surface area contributed by atoms with Crippen LogP contribution in [0.25, 0.3) is 0 Å². The number of ether oxygens (including phenoxy) is 1. The predicted octanol–water partition coefficient (Wildman–Crippen LogP) is 4.74. The summed E-state index contributed by atoms with van der Waals surface area (Å²) < 4.78 is 8.03. The van der Waals surface area contributed by atoms with E-state index in [0.29, 0.717) is 18.4 Å². The Hall–Kier alpha value is -1.68. The van der Waals surface area contributed by atoms with Crippen molar-refractivity contribution in [3.8, 4) is 5.75 Å². The van der Waals surface area contributed by atoms with Crippen LogP contribution < -0.4 is 4.74 Å². The molecule has 0 radical (unpaired) electrons. The molecule has 1 aliphatic carbocycles. The molecule has 0 aliphatic heterocycles. The summed E-state index contributed by atoms with van der Waals surface area (Å²) in [6.45, 7) is 6.86. The first-order chi connectivity index (χ1) is 11.6. The lowest BCUT2D eigenvalue weighted by molar-refractivity contribution is 0.102. The Labute approximate surface area is 148 Å². The first kappa shape index (κ1) is 17.2.